The fourth-order valence-electron chi connectivity index (χ4n) is 5.33. The average molecular weight is 477 g/mol. The fraction of sp³-hybridized carbons (Fsp3) is 0.346. The number of aromatic amines is 1. The van der Waals surface area contributed by atoms with Gasteiger partial charge in [-0.3, -0.25) is 14.0 Å². The molecule has 2 aromatic heterocycles. The second-order valence-electron chi connectivity index (χ2n) is 9.12. The average Bonchev–Trinajstić information content (AvgIpc) is 3.49. The number of imidazole rings is 1. The molecule has 0 atom stereocenters. The number of nitrogens with one attached hydrogen (secondary N) is 1. The van der Waals surface area contributed by atoms with Crippen molar-refractivity contribution < 1.29 is 18.7 Å². The molecule has 9 heteroatoms. The molecular weight excluding hydrogens is 451 g/mol. The Morgan fingerprint density at radius 1 is 1.23 bits per heavy atom. The first-order valence-electron chi connectivity index (χ1n) is 11.8. The van der Waals surface area contributed by atoms with Crippen molar-refractivity contribution in [2.24, 2.45) is 0 Å². The maximum absolute atomic E-state index is 13.7. The van der Waals surface area contributed by atoms with Gasteiger partial charge in [-0.05, 0) is 60.7 Å². The zero-order valence-electron chi connectivity index (χ0n) is 19.3. The van der Waals surface area contributed by atoms with Crippen molar-refractivity contribution in [3.63, 3.8) is 0 Å². The topological polar surface area (TPSA) is 88.9 Å². The molecule has 6 rings (SSSR count). The maximum atomic E-state index is 13.7. The number of methoxy groups -OCH3 is 1. The van der Waals surface area contributed by atoms with Crippen molar-refractivity contribution in [2.45, 2.75) is 31.8 Å². The molecule has 2 aromatic carbocycles. The molecule has 2 aliphatic heterocycles. The summed E-state index contributed by atoms with van der Waals surface area (Å²) in [5.41, 5.74) is 4.20. The number of H-pyrrole nitrogens is 1. The van der Waals surface area contributed by atoms with Crippen LogP contribution in [0.1, 0.15) is 46.1 Å². The van der Waals surface area contributed by atoms with E-state index in [1.165, 1.54) is 12.1 Å². The van der Waals surface area contributed by atoms with Gasteiger partial charge < -0.3 is 19.4 Å². The Kier molecular flexibility index (Phi) is 5.38. The molecule has 8 nitrogen and oxygen atoms in total. The highest BCUT2D eigenvalue weighted by atomic mass is 19.1. The number of amides is 1. The predicted molar refractivity (Wildman–Crippen MR) is 129 cm³/mol. The monoisotopic (exact) mass is 476 g/mol. The minimum Gasteiger partial charge on any atom is -0.381 e. The summed E-state index contributed by atoms with van der Waals surface area (Å²) < 4.78 is 26.6. The van der Waals surface area contributed by atoms with Gasteiger partial charge in [-0.1, -0.05) is 0 Å². The molecule has 0 radical (unpaired) electrons. The van der Waals surface area contributed by atoms with Crippen LogP contribution >= 0.6 is 0 Å². The summed E-state index contributed by atoms with van der Waals surface area (Å²) in [7, 11) is 1.58. The summed E-state index contributed by atoms with van der Waals surface area (Å²) in [6.07, 6.45) is 3.87. The minimum atomic E-state index is -0.314. The van der Waals surface area contributed by atoms with Crippen molar-refractivity contribution in [1.29, 1.82) is 0 Å². The summed E-state index contributed by atoms with van der Waals surface area (Å²) in [6.45, 7) is 2.01. The summed E-state index contributed by atoms with van der Waals surface area (Å²) in [6, 6.07) is 8.11. The number of nitrogens with zero attached hydrogens (tertiary/aromatic N) is 3. The quantitative estimate of drug-likeness (QED) is 0.487. The number of ether oxygens (including phenoxy) is 2. The van der Waals surface area contributed by atoms with Gasteiger partial charge in [0.1, 0.15) is 17.2 Å². The van der Waals surface area contributed by atoms with Crippen LogP contribution in [0.15, 0.2) is 41.3 Å². The number of benzene rings is 2. The van der Waals surface area contributed by atoms with Crippen LogP contribution in [-0.4, -0.2) is 47.1 Å². The van der Waals surface area contributed by atoms with E-state index in [2.05, 4.69) is 9.97 Å². The highest BCUT2D eigenvalue weighted by molar-refractivity contribution is 6.09. The van der Waals surface area contributed by atoms with E-state index in [1.807, 2.05) is 10.5 Å². The lowest BCUT2D eigenvalue weighted by Crippen LogP contribution is -2.30. The van der Waals surface area contributed by atoms with Crippen molar-refractivity contribution in [3.8, 4) is 0 Å². The van der Waals surface area contributed by atoms with Crippen LogP contribution in [0.5, 0.6) is 0 Å². The number of hydrogen-bond donors (Lipinski definition) is 1. The standard InChI is InChI=1S/C26H25FN4O4/c1-34-14-17-11-22-20(12-19(17)26(33)30-7-4-16-10-18(27)2-3-21(16)30)29-25(32)23-13-28-24(31(22)23)15-5-8-35-9-6-15/h2-3,10-13,15H,4-9,14H2,1H3,(H,29,32). The zero-order valence-corrected chi connectivity index (χ0v) is 19.3. The number of hydrogen-bond acceptors (Lipinski definition) is 5. The van der Waals surface area contributed by atoms with Crippen molar-refractivity contribution in [3.05, 3.63) is 75.2 Å². The van der Waals surface area contributed by atoms with Gasteiger partial charge >= 0.3 is 0 Å². The SMILES string of the molecule is COCc1cc2c(cc1C(=O)N1CCc3cc(F)ccc31)[nH]c(=O)c1cnc(C3CCOCC3)n12. The Hall–Kier alpha value is -3.56. The molecular formula is C26H25FN4O4. The Balaban J connectivity index is 1.51. The molecule has 4 heterocycles. The van der Waals surface area contributed by atoms with Gasteiger partial charge in [0.15, 0.2) is 0 Å². The van der Waals surface area contributed by atoms with Crippen LogP contribution in [0.4, 0.5) is 10.1 Å². The lowest BCUT2D eigenvalue weighted by atomic mass is 9.99. The smallest absolute Gasteiger partial charge is 0.274 e. The van der Waals surface area contributed by atoms with Crippen LogP contribution in [0.2, 0.25) is 0 Å². The summed E-state index contributed by atoms with van der Waals surface area (Å²) >= 11 is 0. The van der Waals surface area contributed by atoms with Crippen LogP contribution in [0.25, 0.3) is 16.6 Å². The number of fused-ring (bicyclic) bond motifs is 4. The number of halogens is 1. The predicted octanol–water partition coefficient (Wildman–Crippen LogP) is 3.56. The molecule has 0 saturated carbocycles. The van der Waals surface area contributed by atoms with E-state index in [0.717, 1.165) is 29.7 Å². The van der Waals surface area contributed by atoms with Gasteiger partial charge in [0.05, 0.1) is 23.8 Å². The number of rotatable bonds is 4. The van der Waals surface area contributed by atoms with Crippen molar-refractivity contribution >= 4 is 28.1 Å². The van der Waals surface area contributed by atoms with E-state index in [0.29, 0.717) is 54.0 Å². The Bertz CT molecular complexity index is 1520. The Morgan fingerprint density at radius 3 is 2.86 bits per heavy atom. The van der Waals surface area contributed by atoms with E-state index in [-0.39, 0.29) is 29.8 Å². The minimum absolute atomic E-state index is 0.185. The van der Waals surface area contributed by atoms with Crippen LogP contribution in [-0.2, 0) is 22.5 Å². The number of carbonyl (C=O) groups excluding carboxylic acids is 1. The van der Waals surface area contributed by atoms with E-state index in [4.69, 9.17) is 9.47 Å². The zero-order chi connectivity index (χ0) is 24.1. The lowest BCUT2D eigenvalue weighted by molar-refractivity contribution is 0.0835. The van der Waals surface area contributed by atoms with Crippen LogP contribution in [0, 0.1) is 5.82 Å². The first-order chi connectivity index (χ1) is 17.0. The van der Waals surface area contributed by atoms with Crippen molar-refractivity contribution in [1.82, 2.24) is 14.4 Å². The molecule has 0 aliphatic carbocycles. The van der Waals surface area contributed by atoms with Gasteiger partial charge in [0, 0.05) is 44.0 Å². The Morgan fingerprint density at radius 2 is 2.06 bits per heavy atom. The van der Waals surface area contributed by atoms with E-state index >= 15 is 0 Å². The van der Waals surface area contributed by atoms with Gasteiger partial charge in [0.2, 0.25) is 0 Å². The van der Waals surface area contributed by atoms with Gasteiger partial charge in [-0.15, -0.1) is 0 Å². The molecule has 4 aromatic rings. The van der Waals surface area contributed by atoms with Crippen molar-refractivity contribution in [2.75, 3.05) is 31.8 Å². The Labute approximate surface area is 200 Å². The lowest BCUT2D eigenvalue weighted by Gasteiger charge is -2.22. The molecule has 2 aliphatic rings. The van der Waals surface area contributed by atoms with E-state index < -0.39 is 0 Å². The van der Waals surface area contributed by atoms with Crippen LogP contribution < -0.4 is 10.5 Å². The molecule has 1 N–H and O–H groups in total. The third-order valence-corrected chi connectivity index (χ3v) is 7.03. The largest absolute Gasteiger partial charge is 0.381 e. The summed E-state index contributed by atoms with van der Waals surface area (Å²) in [4.78, 5) is 35.8. The summed E-state index contributed by atoms with van der Waals surface area (Å²) in [5.74, 6) is 0.494. The first-order valence-corrected chi connectivity index (χ1v) is 11.8. The molecule has 0 spiro atoms. The number of anilines is 1. The number of carbonyl (C=O) groups is 1. The third kappa shape index (κ3) is 3.62. The highest BCUT2D eigenvalue weighted by Crippen LogP contribution is 2.32. The maximum Gasteiger partial charge on any atom is 0.274 e. The second-order valence-corrected chi connectivity index (χ2v) is 9.12. The molecule has 0 unspecified atom stereocenters. The molecule has 1 saturated heterocycles. The highest BCUT2D eigenvalue weighted by Gasteiger charge is 2.29. The second kappa shape index (κ2) is 8.58. The van der Waals surface area contributed by atoms with Gasteiger partial charge in [0.25, 0.3) is 11.5 Å². The normalized spacial score (nSPS) is 16.3. The fourth-order valence-corrected chi connectivity index (χ4v) is 5.33. The first kappa shape index (κ1) is 21.9. The third-order valence-electron chi connectivity index (χ3n) is 7.03. The molecule has 180 valence electrons. The van der Waals surface area contributed by atoms with Crippen LogP contribution in [0.3, 0.4) is 0 Å². The van der Waals surface area contributed by atoms with Gasteiger partial charge in [-0.25, -0.2) is 9.37 Å². The molecule has 0 bridgehead atoms. The van der Waals surface area contributed by atoms with Gasteiger partial charge in [-0.2, -0.15) is 0 Å². The van der Waals surface area contributed by atoms with E-state index in [1.54, 1.807) is 30.3 Å². The molecule has 1 fully saturated rings. The number of aromatic nitrogens is 3. The molecule has 35 heavy (non-hydrogen) atoms. The summed E-state index contributed by atoms with van der Waals surface area (Å²) in [5, 5.41) is 0. The van der Waals surface area contributed by atoms with E-state index in [9.17, 15) is 14.0 Å². The molecule has 1 amide bonds.